The minimum atomic E-state index is -4.54. The van der Waals surface area contributed by atoms with Crippen molar-refractivity contribution in [3.8, 4) is 0 Å². The first kappa shape index (κ1) is 56.7. The zero-order chi connectivity index (χ0) is 43.4. The number of phosphoric acid groups is 1. The van der Waals surface area contributed by atoms with Crippen LogP contribution in [0.1, 0.15) is 168 Å². The van der Waals surface area contributed by atoms with E-state index < -0.39 is 13.9 Å². The predicted octanol–water partition coefficient (Wildman–Crippen LogP) is 13.4. The van der Waals surface area contributed by atoms with Crippen LogP contribution >= 0.6 is 7.82 Å². The van der Waals surface area contributed by atoms with Crippen LogP contribution in [0.3, 0.4) is 0 Å². The van der Waals surface area contributed by atoms with Gasteiger partial charge in [0, 0.05) is 13.0 Å². The fourth-order valence-corrected chi connectivity index (χ4v) is 6.63. The maximum atomic E-state index is 12.7. The van der Waals surface area contributed by atoms with E-state index in [2.05, 4.69) is 98.9 Å². The number of hydrogen-bond donors (Lipinski definition) is 0. The Morgan fingerprint density at radius 2 is 0.932 bits per heavy atom. The Bertz CT molecular complexity index is 1210. The van der Waals surface area contributed by atoms with Crippen molar-refractivity contribution in [2.24, 2.45) is 0 Å². The topological polar surface area (TPSA) is 94.1 Å². The maximum absolute atomic E-state index is 12.7. The average molecular weight is 846 g/mol. The molecule has 0 saturated carbocycles. The third kappa shape index (κ3) is 46.6. The van der Waals surface area contributed by atoms with Gasteiger partial charge in [-0.3, -0.25) is 9.36 Å². The van der Waals surface area contributed by atoms with Crippen molar-refractivity contribution < 1.29 is 37.3 Å². The zero-order valence-electron chi connectivity index (χ0n) is 38.4. The van der Waals surface area contributed by atoms with Gasteiger partial charge in [0.25, 0.3) is 7.82 Å². The molecule has 0 aliphatic heterocycles. The molecule has 0 aliphatic carbocycles. The number of likely N-dealkylation sites (N-methyl/N-ethyl adjacent to an activating group) is 1. The van der Waals surface area contributed by atoms with Gasteiger partial charge in [-0.15, -0.1) is 0 Å². The fraction of sp³-hybridized carbons (Fsp3) is 0.700. The van der Waals surface area contributed by atoms with Crippen LogP contribution in [0.25, 0.3) is 0 Å². The Labute approximate surface area is 363 Å². The summed E-state index contributed by atoms with van der Waals surface area (Å²) >= 11 is 0. The van der Waals surface area contributed by atoms with Crippen LogP contribution in [0.4, 0.5) is 0 Å². The van der Waals surface area contributed by atoms with Crippen LogP contribution in [-0.4, -0.2) is 70.7 Å². The van der Waals surface area contributed by atoms with Crippen molar-refractivity contribution in [2.45, 2.75) is 174 Å². The van der Waals surface area contributed by atoms with Crippen molar-refractivity contribution >= 4 is 13.8 Å². The number of ether oxygens (including phenoxy) is 2. The molecule has 0 aliphatic rings. The van der Waals surface area contributed by atoms with E-state index in [1.807, 2.05) is 21.1 Å². The molecule has 0 aromatic heterocycles. The highest BCUT2D eigenvalue weighted by atomic mass is 31.2. The van der Waals surface area contributed by atoms with Gasteiger partial charge in [-0.25, -0.2) is 0 Å². The molecule has 9 heteroatoms. The summed E-state index contributed by atoms with van der Waals surface area (Å²) in [5, 5.41) is 0. The fourth-order valence-electron chi connectivity index (χ4n) is 5.90. The Kier molecular flexibility index (Phi) is 40.7. The van der Waals surface area contributed by atoms with Crippen LogP contribution in [0.2, 0.25) is 0 Å². The van der Waals surface area contributed by atoms with Gasteiger partial charge in [-0.1, -0.05) is 163 Å². The number of phosphoric ester groups is 1. The number of quaternary nitrogens is 1. The Balaban J connectivity index is 4.21. The number of hydrogen-bond acceptors (Lipinski definition) is 7. The van der Waals surface area contributed by atoms with Crippen molar-refractivity contribution in [2.75, 3.05) is 54.1 Å². The zero-order valence-corrected chi connectivity index (χ0v) is 39.3. The van der Waals surface area contributed by atoms with Gasteiger partial charge in [-0.05, 0) is 83.5 Å². The number of esters is 1. The molecule has 0 spiro atoms. The summed E-state index contributed by atoms with van der Waals surface area (Å²) in [6.45, 7) is 5.11. The molecule has 8 nitrogen and oxygen atoms in total. The largest absolute Gasteiger partial charge is 0.756 e. The first-order chi connectivity index (χ1) is 28.6. The molecule has 0 radical (unpaired) electrons. The first-order valence-electron chi connectivity index (χ1n) is 23.3. The second-order valence-corrected chi connectivity index (χ2v) is 17.8. The summed E-state index contributed by atoms with van der Waals surface area (Å²) in [7, 11) is 1.32. The van der Waals surface area contributed by atoms with Gasteiger partial charge < -0.3 is 27.9 Å². The molecule has 0 aromatic carbocycles. The van der Waals surface area contributed by atoms with E-state index in [-0.39, 0.29) is 25.8 Å². The molecule has 2 atom stereocenters. The maximum Gasteiger partial charge on any atom is 0.306 e. The highest BCUT2D eigenvalue weighted by Gasteiger charge is 2.20. The summed E-state index contributed by atoms with van der Waals surface area (Å²) in [4.78, 5) is 25.1. The molecule has 0 bridgehead atoms. The van der Waals surface area contributed by atoms with Crippen LogP contribution in [0, 0.1) is 0 Å². The summed E-state index contributed by atoms with van der Waals surface area (Å²) in [6, 6.07) is 0. The van der Waals surface area contributed by atoms with E-state index >= 15 is 0 Å². The molecular weight excluding hydrogens is 758 g/mol. The first-order valence-corrected chi connectivity index (χ1v) is 24.8. The van der Waals surface area contributed by atoms with Crippen molar-refractivity contribution in [1.82, 2.24) is 0 Å². The standard InChI is InChI=1S/C50H88NO7P/c1-6-8-10-12-14-16-18-20-22-23-24-25-26-27-28-29-30-31-33-35-37-39-41-43-50(52)58-49(48-57-59(53,54)56-46-44-51(3,4)5)47-55-45-42-40-38-36-34-32-21-19-17-15-13-11-9-7-2/h8-11,14-17,20-22,24-25,32,49H,6-7,12-13,18-19,23,26-31,33-48H2,1-5H3/b10-8-,11-9-,16-14-,17-15-,22-20-,25-24-,32-21-. The summed E-state index contributed by atoms with van der Waals surface area (Å²) < 4.78 is 34.6. The Hall–Kier alpha value is -2.32. The lowest BCUT2D eigenvalue weighted by atomic mass is 10.0. The molecule has 0 heterocycles. The lowest BCUT2D eigenvalue weighted by Gasteiger charge is -2.28. The van der Waals surface area contributed by atoms with Gasteiger partial charge >= 0.3 is 5.97 Å². The molecule has 0 fully saturated rings. The quantitative estimate of drug-likeness (QED) is 0.0199. The number of unbranched alkanes of at least 4 members (excludes halogenated alkanes) is 14. The highest BCUT2D eigenvalue weighted by molar-refractivity contribution is 7.45. The second kappa shape index (κ2) is 42.4. The molecule has 0 N–H and O–H groups in total. The molecule has 2 unspecified atom stereocenters. The molecule has 0 saturated heterocycles. The number of allylic oxidation sites excluding steroid dienone is 14. The van der Waals surface area contributed by atoms with Crippen molar-refractivity contribution in [3.05, 3.63) is 85.1 Å². The van der Waals surface area contributed by atoms with Crippen LogP contribution in [0.5, 0.6) is 0 Å². The van der Waals surface area contributed by atoms with E-state index in [0.29, 0.717) is 24.1 Å². The minimum Gasteiger partial charge on any atom is -0.756 e. The second-order valence-electron chi connectivity index (χ2n) is 16.3. The normalized spacial score (nSPS) is 14.5. The van der Waals surface area contributed by atoms with Gasteiger partial charge in [0.05, 0.1) is 34.4 Å². The minimum absolute atomic E-state index is 0.0161. The number of carbonyl (C=O) groups is 1. The molecule has 340 valence electrons. The molecular formula is C50H88NO7P. The predicted molar refractivity (Wildman–Crippen MR) is 249 cm³/mol. The van der Waals surface area contributed by atoms with Crippen LogP contribution in [-0.2, 0) is 27.9 Å². The lowest BCUT2D eigenvalue weighted by Crippen LogP contribution is -2.37. The summed E-state index contributed by atoms with van der Waals surface area (Å²) in [6.07, 6.45) is 56.0. The third-order valence-electron chi connectivity index (χ3n) is 9.44. The van der Waals surface area contributed by atoms with Crippen molar-refractivity contribution in [3.63, 3.8) is 0 Å². The Morgan fingerprint density at radius 1 is 0.525 bits per heavy atom. The monoisotopic (exact) mass is 846 g/mol. The van der Waals surface area contributed by atoms with E-state index in [9.17, 15) is 14.3 Å². The lowest BCUT2D eigenvalue weighted by molar-refractivity contribution is -0.870. The molecule has 59 heavy (non-hydrogen) atoms. The van der Waals surface area contributed by atoms with E-state index in [1.165, 1.54) is 51.4 Å². The smallest absolute Gasteiger partial charge is 0.306 e. The van der Waals surface area contributed by atoms with Crippen LogP contribution < -0.4 is 4.89 Å². The van der Waals surface area contributed by atoms with E-state index in [0.717, 1.165) is 96.3 Å². The number of nitrogens with zero attached hydrogens (tertiary/aromatic N) is 1. The Morgan fingerprint density at radius 3 is 1.39 bits per heavy atom. The van der Waals surface area contributed by atoms with Gasteiger partial charge in [0.1, 0.15) is 19.3 Å². The van der Waals surface area contributed by atoms with Gasteiger partial charge in [0.2, 0.25) is 0 Å². The van der Waals surface area contributed by atoms with Gasteiger partial charge in [-0.2, -0.15) is 0 Å². The summed E-state index contributed by atoms with van der Waals surface area (Å²) in [5.74, 6) is -0.351. The van der Waals surface area contributed by atoms with Crippen molar-refractivity contribution in [1.29, 1.82) is 0 Å². The average Bonchev–Trinajstić information content (AvgIpc) is 3.19. The summed E-state index contributed by atoms with van der Waals surface area (Å²) in [5.41, 5.74) is 0. The highest BCUT2D eigenvalue weighted by Crippen LogP contribution is 2.38. The van der Waals surface area contributed by atoms with E-state index in [1.54, 1.807) is 0 Å². The van der Waals surface area contributed by atoms with E-state index in [4.69, 9.17) is 18.5 Å². The number of carbonyl (C=O) groups excluding carboxylic acids is 1. The number of rotatable bonds is 42. The third-order valence-corrected chi connectivity index (χ3v) is 10.4. The van der Waals surface area contributed by atoms with Gasteiger partial charge in [0.15, 0.2) is 0 Å². The molecule has 0 rings (SSSR count). The SMILES string of the molecule is CC/C=C\C/C=C\C/C=C\C/C=C\CCCCCCCCCCCCC(=O)OC(COCCCCCC/C=C\C/C=C\C/C=C\CC)COP(=O)([O-])OCC[N+](C)(C)C. The molecule has 0 amide bonds. The van der Waals surface area contributed by atoms with Crippen LogP contribution in [0.15, 0.2) is 85.1 Å². The molecule has 0 aromatic rings.